The van der Waals surface area contributed by atoms with Crippen molar-refractivity contribution in [1.82, 2.24) is 9.97 Å². The zero-order chi connectivity index (χ0) is 12.6. The van der Waals surface area contributed by atoms with Gasteiger partial charge >= 0.3 is 5.97 Å². The van der Waals surface area contributed by atoms with Crippen molar-refractivity contribution in [2.45, 2.75) is 28.9 Å². The highest BCUT2D eigenvalue weighted by atomic mass is 32.2. The van der Waals surface area contributed by atoms with E-state index in [1.54, 1.807) is 18.6 Å². The monoisotopic (exact) mass is 260 g/mol. The molecule has 0 aliphatic heterocycles. The molecule has 0 atom stereocenters. The van der Waals surface area contributed by atoms with Crippen LogP contribution in [0.25, 0.3) is 10.9 Å². The third-order valence-corrected chi connectivity index (χ3v) is 4.91. The lowest BCUT2D eigenvalue weighted by molar-refractivity contribution is -0.142. The van der Waals surface area contributed by atoms with Gasteiger partial charge in [-0.05, 0) is 31.4 Å². The Labute approximate surface area is 108 Å². The van der Waals surface area contributed by atoms with E-state index in [1.165, 1.54) is 11.8 Å². The lowest BCUT2D eigenvalue weighted by Crippen LogP contribution is -2.41. The Balaban J connectivity index is 2.02. The summed E-state index contributed by atoms with van der Waals surface area (Å²) in [5.74, 6) is -0.715. The average Bonchev–Trinajstić information content (AvgIpc) is 2.33. The Kier molecular flexibility index (Phi) is 2.70. The van der Waals surface area contributed by atoms with Crippen molar-refractivity contribution >= 4 is 28.6 Å². The van der Waals surface area contributed by atoms with Gasteiger partial charge in [-0.3, -0.25) is 14.8 Å². The normalized spacial score (nSPS) is 17.3. The Hall–Kier alpha value is -1.62. The first-order valence-corrected chi connectivity index (χ1v) is 6.64. The molecular weight excluding hydrogens is 248 g/mol. The van der Waals surface area contributed by atoms with E-state index < -0.39 is 10.7 Å². The predicted molar refractivity (Wildman–Crippen MR) is 69.6 cm³/mol. The molecule has 2 aromatic heterocycles. The first kappa shape index (κ1) is 11.5. The smallest absolute Gasteiger partial charge is 0.320 e. The zero-order valence-corrected chi connectivity index (χ0v) is 10.5. The minimum atomic E-state index is -0.715. The molecule has 2 aromatic rings. The molecule has 1 fully saturated rings. The second kappa shape index (κ2) is 4.24. The van der Waals surface area contributed by atoms with Crippen LogP contribution in [0.3, 0.4) is 0 Å². The van der Waals surface area contributed by atoms with Crippen molar-refractivity contribution in [3.8, 4) is 0 Å². The van der Waals surface area contributed by atoms with Crippen LogP contribution in [0, 0.1) is 0 Å². The number of aliphatic carboxylic acids is 1. The van der Waals surface area contributed by atoms with Gasteiger partial charge in [0.2, 0.25) is 0 Å². The molecule has 1 N–H and O–H groups in total. The Morgan fingerprint density at radius 2 is 2.17 bits per heavy atom. The van der Waals surface area contributed by atoms with E-state index in [4.69, 9.17) is 0 Å². The molecule has 1 aliphatic carbocycles. The van der Waals surface area contributed by atoms with Crippen molar-refractivity contribution in [2.75, 3.05) is 0 Å². The lowest BCUT2D eigenvalue weighted by Gasteiger charge is -2.36. The maximum absolute atomic E-state index is 11.4. The van der Waals surface area contributed by atoms with E-state index in [9.17, 15) is 9.90 Å². The zero-order valence-electron chi connectivity index (χ0n) is 9.67. The number of pyridine rings is 2. The highest BCUT2D eigenvalue weighted by Gasteiger charge is 2.45. The van der Waals surface area contributed by atoms with Crippen LogP contribution >= 0.6 is 11.8 Å². The van der Waals surface area contributed by atoms with Gasteiger partial charge in [-0.15, -0.1) is 11.8 Å². The number of hydrogen-bond acceptors (Lipinski definition) is 4. The molecule has 0 radical (unpaired) electrons. The van der Waals surface area contributed by atoms with E-state index in [2.05, 4.69) is 9.97 Å². The summed E-state index contributed by atoms with van der Waals surface area (Å²) < 4.78 is -0.649. The van der Waals surface area contributed by atoms with Gasteiger partial charge in [0.25, 0.3) is 0 Å². The lowest BCUT2D eigenvalue weighted by atomic mass is 9.84. The molecule has 92 valence electrons. The predicted octanol–water partition coefficient (Wildman–Crippen LogP) is 2.73. The molecule has 1 aliphatic rings. The molecule has 3 rings (SSSR count). The summed E-state index contributed by atoms with van der Waals surface area (Å²) in [5.41, 5.74) is 0.856. The Morgan fingerprint density at radius 3 is 2.83 bits per heavy atom. The van der Waals surface area contributed by atoms with E-state index in [1.807, 2.05) is 12.1 Å². The molecule has 5 heteroatoms. The molecule has 0 saturated heterocycles. The van der Waals surface area contributed by atoms with Crippen LogP contribution in [0.5, 0.6) is 0 Å². The minimum Gasteiger partial charge on any atom is -0.480 e. The summed E-state index contributed by atoms with van der Waals surface area (Å²) in [6.07, 6.45) is 7.62. The van der Waals surface area contributed by atoms with Gasteiger partial charge in [0.15, 0.2) is 0 Å². The summed E-state index contributed by atoms with van der Waals surface area (Å²) in [7, 11) is 0. The molecule has 0 bridgehead atoms. The first-order chi connectivity index (χ1) is 8.71. The largest absolute Gasteiger partial charge is 0.480 e. The van der Waals surface area contributed by atoms with Gasteiger partial charge in [0.05, 0.1) is 5.52 Å². The van der Waals surface area contributed by atoms with E-state index in [0.717, 1.165) is 35.1 Å². The van der Waals surface area contributed by atoms with Crippen LogP contribution in [0.1, 0.15) is 19.3 Å². The maximum Gasteiger partial charge on any atom is 0.320 e. The van der Waals surface area contributed by atoms with Crippen LogP contribution in [0.4, 0.5) is 0 Å². The van der Waals surface area contributed by atoms with Gasteiger partial charge in [-0.1, -0.05) is 0 Å². The second-order valence-electron chi connectivity index (χ2n) is 4.46. The molecule has 0 spiro atoms. The number of fused-ring (bicyclic) bond motifs is 1. The molecule has 1 saturated carbocycles. The standard InChI is InChI=1S/C13H12N2O2S/c16-12(17)13(4-1-5-13)18-11-3-7-15-10-2-6-14-8-9(10)11/h2-3,6-8H,1,4-5H2,(H,16,17). The summed E-state index contributed by atoms with van der Waals surface area (Å²) in [4.78, 5) is 20.7. The number of nitrogens with zero attached hydrogens (tertiary/aromatic N) is 2. The van der Waals surface area contributed by atoms with Crippen LogP contribution in [-0.4, -0.2) is 25.8 Å². The van der Waals surface area contributed by atoms with Crippen LogP contribution in [0.2, 0.25) is 0 Å². The number of hydrogen-bond donors (Lipinski definition) is 1. The van der Waals surface area contributed by atoms with Crippen LogP contribution in [0.15, 0.2) is 35.6 Å². The number of carbonyl (C=O) groups is 1. The number of thioether (sulfide) groups is 1. The van der Waals surface area contributed by atoms with Crippen molar-refractivity contribution < 1.29 is 9.90 Å². The first-order valence-electron chi connectivity index (χ1n) is 5.82. The fourth-order valence-corrected chi connectivity index (χ4v) is 3.52. The van der Waals surface area contributed by atoms with Crippen LogP contribution in [-0.2, 0) is 4.79 Å². The number of carboxylic acids is 1. The van der Waals surface area contributed by atoms with Crippen molar-refractivity contribution in [1.29, 1.82) is 0 Å². The van der Waals surface area contributed by atoms with E-state index in [-0.39, 0.29) is 0 Å². The summed E-state index contributed by atoms with van der Waals surface area (Å²) in [5, 5.41) is 10.3. The minimum absolute atomic E-state index is 0.649. The van der Waals surface area contributed by atoms with Crippen LogP contribution < -0.4 is 0 Å². The van der Waals surface area contributed by atoms with E-state index in [0.29, 0.717) is 0 Å². The quantitative estimate of drug-likeness (QED) is 0.919. The Morgan fingerprint density at radius 1 is 1.33 bits per heavy atom. The number of rotatable bonds is 3. The fourth-order valence-electron chi connectivity index (χ4n) is 2.12. The highest BCUT2D eigenvalue weighted by Crippen LogP contribution is 2.48. The van der Waals surface area contributed by atoms with Gasteiger partial charge in [-0.25, -0.2) is 0 Å². The summed E-state index contributed by atoms with van der Waals surface area (Å²) in [6, 6.07) is 3.71. The molecule has 18 heavy (non-hydrogen) atoms. The molecular formula is C13H12N2O2S. The molecule has 0 amide bonds. The second-order valence-corrected chi connectivity index (χ2v) is 5.88. The topological polar surface area (TPSA) is 63.1 Å². The highest BCUT2D eigenvalue weighted by molar-refractivity contribution is 8.01. The van der Waals surface area contributed by atoms with Crippen molar-refractivity contribution in [3.05, 3.63) is 30.7 Å². The van der Waals surface area contributed by atoms with Crippen molar-refractivity contribution in [3.63, 3.8) is 0 Å². The number of aromatic nitrogens is 2. The van der Waals surface area contributed by atoms with Crippen molar-refractivity contribution in [2.24, 2.45) is 0 Å². The van der Waals surface area contributed by atoms with Gasteiger partial charge < -0.3 is 5.11 Å². The molecule has 0 unspecified atom stereocenters. The average molecular weight is 260 g/mol. The SMILES string of the molecule is O=C(O)C1(Sc2ccnc3ccncc23)CCC1. The molecule has 4 nitrogen and oxygen atoms in total. The maximum atomic E-state index is 11.4. The summed E-state index contributed by atoms with van der Waals surface area (Å²) >= 11 is 1.44. The van der Waals surface area contributed by atoms with Gasteiger partial charge in [0.1, 0.15) is 4.75 Å². The van der Waals surface area contributed by atoms with E-state index >= 15 is 0 Å². The number of carboxylic acid groups (broad SMARTS) is 1. The fraction of sp³-hybridized carbons (Fsp3) is 0.308. The molecule has 0 aromatic carbocycles. The third-order valence-electron chi connectivity index (χ3n) is 3.36. The molecule has 2 heterocycles. The Bertz CT molecular complexity index is 605. The van der Waals surface area contributed by atoms with Gasteiger partial charge in [-0.2, -0.15) is 0 Å². The third kappa shape index (κ3) is 1.75. The summed E-state index contributed by atoms with van der Waals surface area (Å²) in [6.45, 7) is 0. The van der Waals surface area contributed by atoms with Gasteiger partial charge in [0, 0.05) is 28.9 Å².